The Kier molecular flexibility index (Phi) is 5.75. The van der Waals surface area contributed by atoms with Crippen molar-refractivity contribution in [1.29, 1.82) is 0 Å². The number of ether oxygens (including phenoxy) is 1. The molecule has 3 rings (SSSR count). The van der Waals surface area contributed by atoms with Crippen molar-refractivity contribution < 1.29 is 14.3 Å². The second-order valence-electron chi connectivity index (χ2n) is 6.79. The van der Waals surface area contributed by atoms with Gasteiger partial charge in [0, 0.05) is 18.0 Å². The molecule has 0 bridgehead atoms. The minimum atomic E-state index is -0.342. The zero-order valence-electron chi connectivity index (χ0n) is 16.1. The van der Waals surface area contributed by atoms with E-state index in [1.807, 2.05) is 68.4 Å². The second kappa shape index (κ2) is 8.21. The molecule has 4 heteroatoms. The van der Waals surface area contributed by atoms with E-state index in [2.05, 4.69) is 0 Å². The van der Waals surface area contributed by atoms with Gasteiger partial charge in [-0.05, 0) is 37.5 Å². The maximum absolute atomic E-state index is 13.0. The number of carbonyl (C=O) groups is 2. The van der Waals surface area contributed by atoms with Gasteiger partial charge in [-0.25, -0.2) is 4.79 Å². The summed E-state index contributed by atoms with van der Waals surface area (Å²) in [4.78, 5) is 27.4. The lowest BCUT2D eigenvalue weighted by atomic mass is 9.83. The summed E-state index contributed by atoms with van der Waals surface area (Å²) in [5.41, 5.74) is 4.43. The predicted molar refractivity (Wildman–Crippen MR) is 105 cm³/mol. The topological polar surface area (TPSA) is 46.6 Å². The fraction of sp³-hybridized carbons (Fsp3) is 0.304. The van der Waals surface area contributed by atoms with E-state index in [0.29, 0.717) is 24.4 Å². The SMILES string of the molecule is CCOC(=O)C1=C(C)N(Cc2ccccc2C)C(=O)C[C@@H]1c1ccccc1. The zero-order chi connectivity index (χ0) is 19.4. The van der Waals surface area contributed by atoms with Crippen molar-refractivity contribution in [2.45, 2.75) is 39.7 Å². The molecule has 0 saturated carbocycles. The second-order valence-corrected chi connectivity index (χ2v) is 6.79. The fourth-order valence-electron chi connectivity index (χ4n) is 3.60. The molecule has 4 nitrogen and oxygen atoms in total. The summed E-state index contributed by atoms with van der Waals surface area (Å²) in [6.07, 6.45) is 0.265. The van der Waals surface area contributed by atoms with Crippen molar-refractivity contribution >= 4 is 11.9 Å². The molecule has 0 unspecified atom stereocenters. The van der Waals surface area contributed by atoms with Crippen LogP contribution in [0.3, 0.4) is 0 Å². The van der Waals surface area contributed by atoms with E-state index in [9.17, 15) is 9.59 Å². The summed E-state index contributed by atoms with van der Waals surface area (Å²) in [5.74, 6) is -0.588. The Bertz CT molecular complexity index is 870. The van der Waals surface area contributed by atoms with E-state index < -0.39 is 0 Å². The molecule has 140 valence electrons. The summed E-state index contributed by atoms with van der Waals surface area (Å²) in [7, 11) is 0. The van der Waals surface area contributed by atoms with Crippen LogP contribution in [0.2, 0.25) is 0 Å². The zero-order valence-corrected chi connectivity index (χ0v) is 16.1. The summed E-state index contributed by atoms with van der Waals surface area (Å²) in [6, 6.07) is 17.7. The van der Waals surface area contributed by atoms with Crippen LogP contribution >= 0.6 is 0 Å². The maximum atomic E-state index is 13.0. The lowest BCUT2D eigenvalue weighted by Crippen LogP contribution is -2.38. The van der Waals surface area contributed by atoms with Crippen LogP contribution in [-0.2, 0) is 20.9 Å². The molecule has 1 atom stereocenters. The molecule has 0 aliphatic carbocycles. The van der Waals surface area contributed by atoms with Crippen molar-refractivity contribution in [3.63, 3.8) is 0 Å². The average Bonchev–Trinajstić information content (AvgIpc) is 2.67. The Morgan fingerprint density at radius 2 is 1.74 bits per heavy atom. The number of carbonyl (C=O) groups excluding carboxylic acids is 2. The number of esters is 1. The highest BCUT2D eigenvalue weighted by Gasteiger charge is 2.36. The number of benzene rings is 2. The van der Waals surface area contributed by atoms with Crippen LogP contribution in [0.15, 0.2) is 65.9 Å². The van der Waals surface area contributed by atoms with Crippen molar-refractivity contribution in [2.24, 2.45) is 0 Å². The Labute approximate surface area is 160 Å². The van der Waals surface area contributed by atoms with Gasteiger partial charge in [0.2, 0.25) is 5.91 Å². The van der Waals surface area contributed by atoms with Gasteiger partial charge in [-0.3, -0.25) is 4.79 Å². The molecule has 1 aliphatic heterocycles. The van der Waals surface area contributed by atoms with Crippen LogP contribution in [0.1, 0.15) is 42.9 Å². The molecule has 1 heterocycles. The van der Waals surface area contributed by atoms with Crippen molar-refractivity contribution in [1.82, 2.24) is 4.90 Å². The van der Waals surface area contributed by atoms with Gasteiger partial charge in [0.15, 0.2) is 0 Å². The minimum absolute atomic E-state index is 0.0256. The Morgan fingerprint density at radius 1 is 1.07 bits per heavy atom. The standard InChI is InChI=1S/C23H25NO3/c1-4-27-23(26)22-17(3)24(15-19-13-9-8-10-16(19)2)21(25)14-20(22)18-11-6-5-7-12-18/h5-13,20H,4,14-15H2,1-3H3/t20-/m1/s1. The molecule has 2 aromatic rings. The first kappa shape index (κ1) is 18.9. The monoisotopic (exact) mass is 363 g/mol. The average molecular weight is 363 g/mol. The summed E-state index contributed by atoms with van der Waals surface area (Å²) in [6.45, 7) is 6.44. The van der Waals surface area contributed by atoms with Crippen LogP contribution in [0.5, 0.6) is 0 Å². The van der Waals surface area contributed by atoms with Crippen LogP contribution in [-0.4, -0.2) is 23.4 Å². The molecule has 0 N–H and O–H groups in total. The van der Waals surface area contributed by atoms with Crippen LogP contribution in [0, 0.1) is 6.92 Å². The van der Waals surface area contributed by atoms with Crippen molar-refractivity contribution in [2.75, 3.05) is 6.61 Å². The largest absolute Gasteiger partial charge is 0.463 e. The highest BCUT2D eigenvalue weighted by molar-refractivity contribution is 5.95. The van der Waals surface area contributed by atoms with Gasteiger partial charge in [-0.15, -0.1) is 0 Å². The van der Waals surface area contributed by atoms with E-state index in [1.54, 1.807) is 11.8 Å². The van der Waals surface area contributed by atoms with E-state index >= 15 is 0 Å². The molecule has 0 radical (unpaired) electrons. The lowest BCUT2D eigenvalue weighted by Gasteiger charge is -2.34. The summed E-state index contributed by atoms with van der Waals surface area (Å²) in [5, 5.41) is 0. The Balaban J connectivity index is 2.03. The number of hydrogen-bond donors (Lipinski definition) is 0. The van der Waals surface area contributed by atoms with Gasteiger partial charge in [-0.1, -0.05) is 54.6 Å². The van der Waals surface area contributed by atoms with Crippen LogP contribution in [0.4, 0.5) is 0 Å². The number of rotatable bonds is 5. The molecule has 0 aromatic heterocycles. The molecular formula is C23H25NO3. The number of allylic oxidation sites excluding steroid dienone is 1. The first-order chi connectivity index (χ1) is 13.0. The first-order valence-electron chi connectivity index (χ1n) is 9.30. The molecule has 1 amide bonds. The Hall–Kier alpha value is -2.88. The highest BCUT2D eigenvalue weighted by atomic mass is 16.5. The molecule has 27 heavy (non-hydrogen) atoms. The smallest absolute Gasteiger partial charge is 0.336 e. The van der Waals surface area contributed by atoms with Crippen molar-refractivity contribution in [3.8, 4) is 0 Å². The fourth-order valence-corrected chi connectivity index (χ4v) is 3.60. The quantitative estimate of drug-likeness (QED) is 0.742. The minimum Gasteiger partial charge on any atom is -0.463 e. The molecule has 2 aromatic carbocycles. The third kappa shape index (κ3) is 3.95. The highest BCUT2D eigenvalue weighted by Crippen LogP contribution is 2.37. The molecule has 0 fully saturated rings. The van der Waals surface area contributed by atoms with Gasteiger partial charge in [0.05, 0.1) is 18.7 Å². The number of amides is 1. The van der Waals surface area contributed by atoms with E-state index in [-0.39, 0.29) is 24.2 Å². The van der Waals surface area contributed by atoms with Crippen LogP contribution < -0.4 is 0 Å². The van der Waals surface area contributed by atoms with E-state index in [4.69, 9.17) is 4.74 Å². The van der Waals surface area contributed by atoms with Gasteiger partial charge >= 0.3 is 5.97 Å². The van der Waals surface area contributed by atoms with E-state index in [1.165, 1.54) is 0 Å². The lowest BCUT2D eigenvalue weighted by molar-refractivity contribution is -0.140. The molecule has 0 saturated heterocycles. The molecule has 0 spiro atoms. The third-order valence-corrected chi connectivity index (χ3v) is 5.11. The normalized spacial score (nSPS) is 17.2. The maximum Gasteiger partial charge on any atom is 0.336 e. The van der Waals surface area contributed by atoms with E-state index in [0.717, 1.165) is 16.7 Å². The van der Waals surface area contributed by atoms with Crippen LogP contribution in [0.25, 0.3) is 0 Å². The van der Waals surface area contributed by atoms with Crippen molar-refractivity contribution in [3.05, 3.63) is 82.6 Å². The van der Waals surface area contributed by atoms with Gasteiger partial charge in [-0.2, -0.15) is 0 Å². The first-order valence-corrected chi connectivity index (χ1v) is 9.30. The third-order valence-electron chi connectivity index (χ3n) is 5.11. The van der Waals surface area contributed by atoms with Gasteiger partial charge in [0.1, 0.15) is 0 Å². The summed E-state index contributed by atoms with van der Waals surface area (Å²) >= 11 is 0. The molecule has 1 aliphatic rings. The Morgan fingerprint density at radius 3 is 2.41 bits per heavy atom. The number of nitrogens with zero attached hydrogens (tertiary/aromatic N) is 1. The van der Waals surface area contributed by atoms with Gasteiger partial charge in [0.25, 0.3) is 0 Å². The summed E-state index contributed by atoms with van der Waals surface area (Å²) < 4.78 is 5.33. The number of aryl methyl sites for hydroxylation is 1. The predicted octanol–water partition coefficient (Wildman–Crippen LogP) is 4.35. The molecular weight excluding hydrogens is 338 g/mol. The van der Waals surface area contributed by atoms with Gasteiger partial charge < -0.3 is 9.64 Å². The number of hydrogen-bond acceptors (Lipinski definition) is 3.